The summed E-state index contributed by atoms with van der Waals surface area (Å²) in [6.07, 6.45) is 1.39. The van der Waals surface area contributed by atoms with Crippen molar-refractivity contribution < 1.29 is 0 Å². The van der Waals surface area contributed by atoms with Gasteiger partial charge in [0, 0.05) is 16.1 Å². The largest absolute Gasteiger partial charge is 0.325 e. The first-order valence-electron chi connectivity index (χ1n) is 4.40. The number of halogens is 1. The normalized spacial score (nSPS) is 10.3. The number of rotatable bonds is 2. The van der Waals surface area contributed by atoms with Crippen molar-refractivity contribution >= 4 is 23.4 Å². The molecule has 0 spiro atoms. The molecular weight excluding hydrogens is 248 g/mol. The Morgan fingerprint density at radius 3 is 2.44 bits per heavy atom. The van der Waals surface area contributed by atoms with E-state index in [0.717, 1.165) is 4.90 Å². The molecule has 0 unspecified atom stereocenters. The van der Waals surface area contributed by atoms with Crippen molar-refractivity contribution in [3.63, 3.8) is 0 Å². The van der Waals surface area contributed by atoms with Crippen molar-refractivity contribution in [3.05, 3.63) is 56.3 Å². The maximum Gasteiger partial charge on any atom is 0.325 e. The van der Waals surface area contributed by atoms with Crippen molar-refractivity contribution in [3.8, 4) is 0 Å². The fraction of sp³-hybridized carbons (Fsp3) is 0. The Hall–Kier alpha value is -1.46. The smallest absolute Gasteiger partial charge is 0.313 e. The Labute approximate surface area is 99.7 Å². The van der Waals surface area contributed by atoms with Gasteiger partial charge in [0.25, 0.3) is 5.56 Å². The monoisotopic (exact) mass is 254 g/mol. The fourth-order valence-electron chi connectivity index (χ4n) is 1.10. The lowest BCUT2D eigenvalue weighted by Crippen LogP contribution is -2.22. The van der Waals surface area contributed by atoms with Crippen molar-refractivity contribution in [1.82, 2.24) is 9.97 Å². The summed E-state index contributed by atoms with van der Waals surface area (Å²) in [6.45, 7) is 0. The van der Waals surface area contributed by atoms with Crippen LogP contribution in [-0.2, 0) is 0 Å². The first kappa shape index (κ1) is 11.0. The van der Waals surface area contributed by atoms with Crippen LogP contribution in [0.3, 0.4) is 0 Å². The van der Waals surface area contributed by atoms with Gasteiger partial charge in [0.1, 0.15) is 0 Å². The maximum absolute atomic E-state index is 11.4. The fourth-order valence-corrected chi connectivity index (χ4v) is 2.02. The minimum Gasteiger partial charge on any atom is -0.313 e. The first-order chi connectivity index (χ1) is 7.65. The number of aromatic nitrogens is 2. The van der Waals surface area contributed by atoms with E-state index in [2.05, 4.69) is 9.97 Å². The van der Waals surface area contributed by atoms with Gasteiger partial charge in [-0.25, -0.2) is 4.79 Å². The molecule has 0 aliphatic carbocycles. The molecule has 1 aromatic heterocycles. The third kappa shape index (κ3) is 2.56. The van der Waals surface area contributed by atoms with E-state index in [0.29, 0.717) is 9.92 Å². The van der Waals surface area contributed by atoms with Crippen LogP contribution >= 0.6 is 23.4 Å². The third-order valence-corrected chi connectivity index (χ3v) is 3.11. The SMILES string of the molecule is O=c1[nH]cc(Sc2ccc(Cl)cc2)c(=O)[nH]1. The van der Waals surface area contributed by atoms with Crippen LogP contribution in [0.5, 0.6) is 0 Å². The van der Waals surface area contributed by atoms with Crippen LogP contribution in [0.4, 0.5) is 0 Å². The number of hydrogen-bond acceptors (Lipinski definition) is 3. The number of hydrogen-bond donors (Lipinski definition) is 2. The molecule has 1 aromatic carbocycles. The lowest BCUT2D eigenvalue weighted by Gasteiger charge is -1.99. The van der Waals surface area contributed by atoms with Crippen molar-refractivity contribution in [2.75, 3.05) is 0 Å². The molecule has 4 nitrogen and oxygen atoms in total. The zero-order valence-electron chi connectivity index (χ0n) is 7.99. The highest BCUT2D eigenvalue weighted by atomic mass is 35.5. The van der Waals surface area contributed by atoms with Crippen LogP contribution in [-0.4, -0.2) is 9.97 Å². The van der Waals surface area contributed by atoms with Gasteiger partial charge in [0.2, 0.25) is 0 Å². The van der Waals surface area contributed by atoms with Gasteiger partial charge < -0.3 is 4.98 Å². The number of H-pyrrole nitrogens is 2. The summed E-state index contributed by atoms with van der Waals surface area (Å²) < 4.78 is 0. The van der Waals surface area contributed by atoms with Gasteiger partial charge in [-0.1, -0.05) is 23.4 Å². The van der Waals surface area contributed by atoms with Gasteiger partial charge in [0.15, 0.2) is 0 Å². The maximum atomic E-state index is 11.4. The van der Waals surface area contributed by atoms with E-state index in [1.165, 1.54) is 18.0 Å². The van der Waals surface area contributed by atoms with Gasteiger partial charge >= 0.3 is 5.69 Å². The summed E-state index contributed by atoms with van der Waals surface area (Å²) in [5.74, 6) is 0. The molecule has 0 saturated carbocycles. The summed E-state index contributed by atoms with van der Waals surface area (Å²) in [7, 11) is 0. The van der Waals surface area contributed by atoms with E-state index < -0.39 is 11.2 Å². The second kappa shape index (κ2) is 4.59. The third-order valence-electron chi connectivity index (χ3n) is 1.83. The van der Waals surface area contributed by atoms with E-state index in [4.69, 9.17) is 11.6 Å². The molecule has 0 aliphatic rings. The summed E-state index contributed by atoms with van der Waals surface area (Å²) in [5, 5.41) is 0.639. The minimum absolute atomic E-state index is 0.399. The Morgan fingerprint density at radius 1 is 1.12 bits per heavy atom. The van der Waals surface area contributed by atoms with Crippen LogP contribution in [0.2, 0.25) is 5.02 Å². The topological polar surface area (TPSA) is 65.7 Å². The molecule has 16 heavy (non-hydrogen) atoms. The van der Waals surface area contributed by atoms with Crippen LogP contribution < -0.4 is 11.2 Å². The van der Waals surface area contributed by atoms with E-state index in [1.807, 2.05) is 0 Å². The highest BCUT2D eigenvalue weighted by molar-refractivity contribution is 7.99. The molecule has 2 N–H and O–H groups in total. The lowest BCUT2D eigenvalue weighted by molar-refractivity contribution is 0.976. The summed E-state index contributed by atoms with van der Waals surface area (Å²) in [5.41, 5.74) is -0.908. The Kier molecular flexibility index (Phi) is 3.17. The van der Waals surface area contributed by atoms with E-state index in [1.54, 1.807) is 24.3 Å². The number of aromatic amines is 2. The summed E-state index contributed by atoms with van der Waals surface area (Å²) in [6, 6.07) is 7.09. The molecular formula is C10H7ClN2O2S. The molecule has 0 radical (unpaired) electrons. The Morgan fingerprint density at radius 2 is 1.81 bits per heavy atom. The van der Waals surface area contributed by atoms with E-state index in [9.17, 15) is 9.59 Å². The van der Waals surface area contributed by atoms with Crippen molar-refractivity contribution in [2.24, 2.45) is 0 Å². The molecule has 6 heteroatoms. The van der Waals surface area contributed by atoms with Crippen molar-refractivity contribution in [2.45, 2.75) is 9.79 Å². The van der Waals surface area contributed by atoms with Crippen LogP contribution in [0.1, 0.15) is 0 Å². The average molecular weight is 255 g/mol. The molecule has 0 amide bonds. The van der Waals surface area contributed by atoms with Crippen molar-refractivity contribution in [1.29, 1.82) is 0 Å². The minimum atomic E-state index is -0.509. The molecule has 0 fully saturated rings. The van der Waals surface area contributed by atoms with E-state index in [-0.39, 0.29) is 0 Å². The second-order valence-electron chi connectivity index (χ2n) is 2.99. The zero-order valence-corrected chi connectivity index (χ0v) is 9.56. The highest BCUT2D eigenvalue weighted by Gasteiger charge is 2.02. The molecule has 0 bridgehead atoms. The predicted molar refractivity (Wildman–Crippen MR) is 63.3 cm³/mol. The van der Waals surface area contributed by atoms with Gasteiger partial charge in [0.05, 0.1) is 4.90 Å². The van der Waals surface area contributed by atoms with Crippen LogP contribution in [0.25, 0.3) is 0 Å². The molecule has 1 heterocycles. The number of benzene rings is 1. The quantitative estimate of drug-likeness (QED) is 0.860. The van der Waals surface area contributed by atoms with Crippen LogP contribution in [0.15, 0.2) is 49.8 Å². The molecule has 2 aromatic rings. The standard InChI is InChI=1S/C10H7ClN2O2S/c11-6-1-3-7(4-2-6)16-8-5-12-10(15)13-9(8)14/h1-5H,(H2,12,13,14,15). The predicted octanol–water partition coefficient (Wildman–Crippen LogP) is 1.87. The zero-order chi connectivity index (χ0) is 11.5. The van der Waals surface area contributed by atoms with Gasteiger partial charge in [-0.3, -0.25) is 9.78 Å². The molecule has 0 saturated heterocycles. The average Bonchev–Trinajstić information content (AvgIpc) is 2.25. The first-order valence-corrected chi connectivity index (χ1v) is 5.60. The molecule has 82 valence electrons. The molecule has 0 aliphatic heterocycles. The Bertz CT molecular complexity index is 603. The van der Waals surface area contributed by atoms with Crippen LogP contribution in [0, 0.1) is 0 Å². The lowest BCUT2D eigenvalue weighted by atomic mass is 10.4. The highest BCUT2D eigenvalue weighted by Crippen LogP contribution is 2.24. The second-order valence-corrected chi connectivity index (χ2v) is 4.54. The number of nitrogens with one attached hydrogen (secondary N) is 2. The summed E-state index contributed by atoms with van der Waals surface area (Å²) in [4.78, 5) is 28.1. The molecule has 0 atom stereocenters. The summed E-state index contributed by atoms with van der Waals surface area (Å²) >= 11 is 7.00. The molecule has 2 rings (SSSR count). The van der Waals surface area contributed by atoms with E-state index >= 15 is 0 Å². The Balaban J connectivity index is 2.30. The van der Waals surface area contributed by atoms with Gasteiger partial charge in [-0.15, -0.1) is 0 Å². The van der Waals surface area contributed by atoms with Gasteiger partial charge in [-0.2, -0.15) is 0 Å². The van der Waals surface area contributed by atoms with Gasteiger partial charge in [-0.05, 0) is 24.3 Å².